The standard InChI is InChI=1S/C21H17NO6S/c23-14-18(21(24)25)22-29(26,27)20-9-5-4-8-19(20)28-17-12-10-16(11-13-17)15-6-2-1-3-7-15/h1-14,18,22H,(H,24,25)/t18-/m1/s1. The minimum absolute atomic E-state index is 0.00231. The van der Waals surface area contributed by atoms with Gasteiger partial charge in [0.15, 0.2) is 6.04 Å². The lowest BCUT2D eigenvalue weighted by molar-refractivity contribution is -0.140. The van der Waals surface area contributed by atoms with Gasteiger partial charge in [0.05, 0.1) is 0 Å². The lowest BCUT2D eigenvalue weighted by Crippen LogP contribution is -2.41. The molecule has 0 amide bonds. The maximum atomic E-state index is 12.5. The molecule has 8 heteroatoms. The van der Waals surface area contributed by atoms with Gasteiger partial charge in [0.2, 0.25) is 10.0 Å². The molecule has 0 spiro atoms. The van der Waals surface area contributed by atoms with E-state index in [0.29, 0.717) is 5.75 Å². The molecule has 3 rings (SSSR count). The molecule has 7 nitrogen and oxygen atoms in total. The van der Waals surface area contributed by atoms with Gasteiger partial charge in [-0.15, -0.1) is 0 Å². The second-order valence-electron chi connectivity index (χ2n) is 6.01. The van der Waals surface area contributed by atoms with Gasteiger partial charge in [-0.25, -0.2) is 8.42 Å². The van der Waals surface area contributed by atoms with Crippen LogP contribution in [-0.2, 0) is 19.6 Å². The zero-order valence-electron chi connectivity index (χ0n) is 15.1. The molecule has 0 saturated carbocycles. The van der Waals surface area contributed by atoms with E-state index in [1.807, 2.05) is 47.2 Å². The summed E-state index contributed by atoms with van der Waals surface area (Å²) in [5, 5.41) is 8.92. The fourth-order valence-corrected chi connectivity index (χ4v) is 3.85. The largest absolute Gasteiger partial charge is 0.480 e. The first kappa shape index (κ1) is 20.2. The Bertz CT molecular complexity index is 1110. The van der Waals surface area contributed by atoms with Gasteiger partial charge in [-0.05, 0) is 35.4 Å². The first-order valence-electron chi connectivity index (χ1n) is 8.53. The average Bonchev–Trinajstić information content (AvgIpc) is 2.73. The number of hydrogen-bond acceptors (Lipinski definition) is 5. The summed E-state index contributed by atoms with van der Waals surface area (Å²) < 4.78 is 32.6. The number of aldehydes is 1. The highest BCUT2D eigenvalue weighted by Crippen LogP contribution is 2.30. The quantitative estimate of drug-likeness (QED) is 0.435. The maximum Gasteiger partial charge on any atom is 0.329 e. The molecule has 0 radical (unpaired) electrons. The van der Waals surface area contributed by atoms with Crippen LogP contribution < -0.4 is 9.46 Å². The molecule has 0 aliphatic carbocycles. The van der Waals surface area contributed by atoms with E-state index in [1.165, 1.54) is 18.2 Å². The Kier molecular flexibility index (Phi) is 6.06. The van der Waals surface area contributed by atoms with E-state index in [2.05, 4.69) is 0 Å². The van der Waals surface area contributed by atoms with Gasteiger partial charge in [0, 0.05) is 0 Å². The summed E-state index contributed by atoms with van der Waals surface area (Å²) in [6.07, 6.45) is 0.00561. The number of rotatable bonds is 8. The summed E-state index contributed by atoms with van der Waals surface area (Å²) in [5.74, 6) is -1.20. The monoisotopic (exact) mass is 411 g/mol. The summed E-state index contributed by atoms with van der Waals surface area (Å²) in [6, 6.07) is 20.7. The normalized spacial score (nSPS) is 12.1. The molecule has 29 heavy (non-hydrogen) atoms. The van der Waals surface area contributed by atoms with Gasteiger partial charge in [0.1, 0.15) is 22.7 Å². The zero-order valence-corrected chi connectivity index (χ0v) is 15.9. The van der Waals surface area contributed by atoms with Crippen LogP contribution in [0, 0.1) is 0 Å². The maximum absolute atomic E-state index is 12.5. The van der Waals surface area contributed by atoms with E-state index in [1.54, 1.807) is 18.2 Å². The predicted octanol–water partition coefficient (Wildman–Crippen LogP) is 3.08. The Morgan fingerprint density at radius 2 is 1.48 bits per heavy atom. The third-order valence-corrected chi connectivity index (χ3v) is 5.49. The number of ether oxygens (including phenoxy) is 1. The van der Waals surface area contributed by atoms with Gasteiger partial charge in [-0.2, -0.15) is 4.72 Å². The molecular formula is C21H17NO6S. The Balaban J connectivity index is 1.86. The van der Waals surface area contributed by atoms with Crippen molar-refractivity contribution in [3.63, 3.8) is 0 Å². The van der Waals surface area contributed by atoms with Crippen LogP contribution in [-0.4, -0.2) is 31.8 Å². The molecular weight excluding hydrogens is 394 g/mol. The van der Waals surface area contributed by atoms with Crippen LogP contribution in [0.3, 0.4) is 0 Å². The Hall–Kier alpha value is -3.49. The van der Waals surface area contributed by atoms with E-state index >= 15 is 0 Å². The third kappa shape index (κ3) is 4.87. The van der Waals surface area contributed by atoms with Crippen LogP contribution in [0.4, 0.5) is 0 Å². The topological polar surface area (TPSA) is 110 Å². The summed E-state index contributed by atoms with van der Waals surface area (Å²) >= 11 is 0. The number of sulfonamides is 1. The number of para-hydroxylation sites is 1. The lowest BCUT2D eigenvalue weighted by atomic mass is 10.1. The van der Waals surface area contributed by atoms with Gasteiger partial charge in [0.25, 0.3) is 0 Å². The zero-order chi connectivity index (χ0) is 20.9. The number of carboxylic acids is 1. The molecule has 1 atom stereocenters. The fourth-order valence-electron chi connectivity index (χ4n) is 2.60. The van der Waals surface area contributed by atoms with Crippen molar-refractivity contribution in [2.45, 2.75) is 10.9 Å². The molecule has 3 aromatic rings. The molecule has 148 valence electrons. The average molecular weight is 411 g/mol. The first-order valence-corrected chi connectivity index (χ1v) is 10.0. The van der Waals surface area contributed by atoms with Crippen LogP contribution in [0.15, 0.2) is 83.8 Å². The van der Waals surface area contributed by atoms with Crippen LogP contribution >= 0.6 is 0 Å². The smallest absolute Gasteiger partial charge is 0.329 e. The minimum atomic E-state index is -4.31. The van der Waals surface area contributed by atoms with Gasteiger partial charge >= 0.3 is 5.97 Å². The third-order valence-electron chi connectivity index (χ3n) is 4.01. The summed E-state index contributed by atoms with van der Waals surface area (Å²) in [5.41, 5.74) is 2.00. The van der Waals surface area contributed by atoms with E-state index in [4.69, 9.17) is 9.84 Å². The molecule has 0 aromatic heterocycles. The van der Waals surface area contributed by atoms with E-state index in [9.17, 15) is 18.0 Å². The number of aliphatic carboxylic acids is 1. The number of carboxylic acid groups (broad SMARTS) is 1. The fraction of sp³-hybridized carbons (Fsp3) is 0.0476. The highest BCUT2D eigenvalue weighted by atomic mass is 32.2. The van der Waals surface area contributed by atoms with Gasteiger partial charge in [-0.1, -0.05) is 54.6 Å². The Labute approximate surface area is 167 Å². The number of carbonyl (C=O) groups is 2. The van der Waals surface area contributed by atoms with Crippen molar-refractivity contribution in [2.75, 3.05) is 0 Å². The highest BCUT2D eigenvalue weighted by Gasteiger charge is 2.27. The summed E-state index contributed by atoms with van der Waals surface area (Å²) in [6.45, 7) is 0. The summed E-state index contributed by atoms with van der Waals surface area (Å²) in [4.78, 5) is 21.5. The van der Waals surface area contributed by atoms with E-state index < -0.39 is 22.0 Å². The van der Waals surface area contributed by atoms with Crippen LogP contribution in [0.25, 0.3) is 11.1 Å². The lowest BCUT2D eigenvalue weighted by Gasteiger charge is -2.14. The number of carbonyl (C=O) groups excluding carboxylic acids is 1. The number of hydrogen-bond donors (Lipinski definition) is 2. The van der Waals surface area contributed by atoms with Gasteiger partial charge < -0.3 is 14.6 Å². The van der Waals surface area contributed by atoms with Crippen LogP contribution in [0.2, 0.25) is 0 Å². The Morgan fingerprint density at radius 1 is 0.897 bits per heavy atom. The predicted molar refractivity (Wildman–Crippen MR) is 106 cm³/mol. The minimum Gasteiger partial charge on any atom is -0.480 e. The van der Waals surface area contributed by atoms with Crippen LogP contribution in [0.1, 0.15) is 0 Å². The molecule has 0 bridgehead atoms. The highest BCUT2D eigenvalue weighted by molar-refractivity contribution is 7.89. The molecule has 0 saturated heterocycles. The molecule has 0 aliphatic rings. The Morgan fingerprint density at radius 3 is 2.10 bits per heavy atom. The molecule has 0 unspecified atom stereocenters. The summed E-state index contributed by atoms with van der Waals surface area (Å²) in [7, 11) is -4.31. The van der Waals surface area contributed by atoms with Crippen molar-refractivity contribution < 1.29 is 27.9 Å². The van der Waals surface area contributed by atoms with Gasteiger partial charge in [-0.3, -0.25) is 4.79 Å². The van der Waals surface area contributed by atoms with Crippen molar-refractivity contribution in [3.05, 3.63) is 78.9 Å². The second kappa shape index (κ2) is 8.68. The van der Waals surface area contributed by atoms with Crippen molar-refractivity contribution in [1.82, 2.24) is 4.72 Å². The van der Waals surface area contributed by atoms with E-state index in [-0.39, 0.29) is 16.9 Å². The van der Waals surface area contributed by atoms with E-state index in [0.717, 1.165) is 11.1 Å². The molecule has 0 fully saturated rings. The molecule has 2 N–H and O–H groups in total. The number of nitrogens with one attached hydrogen (secondary N) is 1. The van der Waals surface area contributed by atoms with Crippen molar-refractivity contribution in [2.24, 2.45) is 0 Å². The first-order chi connectivity index (χ1) is 13.9. The molecule has 0 aliphatic heterocycles. The van der Waals surface area contributed by atoms with Crippen molar-refractivity contribution >= 4 is 22.3 Å². The van der Waals surface area contributed by atoms with Crippen molar-refractivity contribution in [3.8, 4) is 22.6 Å². The molecule has 0 heterocycles. The van der Waals surface area contributed by atoms with Crippen molar-refractivity contribution in [1.29, 1.82) is 0 Å². The second-order valence-corrected chi connectivity index (χ2v) is 7.69. The molecule has 3 aromatic carbocycles. The SMILES string of the molecule is O=C[C@@H](NS(=O)(=O)c1ccccc1Oc1ccc(-c2ccccc2)cc1)C(=O)O. The number of benzene rings is 3. The van der Waals surface area contributed by atoms with Crippen LogP contribution in [0.5, 0.6) is 11.5 Å².